The summed E-state index contributed by atoms with van der Waals surface area (Å²) in [5, 5.41) is 10.7. The average molecular weight is 329 g/mol. The number of benzene rings is 1. The fraction of sp³-hybridized carbons (Fsp3) is 0. The van der Waals surface area contributed by atoms with E-state index in [4.69, 9.17) is 0 Å². The van der Waals surface area contributed by atoms with Crippen molar-refractivity contribution in [2.45, 2.75) is 0 Å². The van der Waals surface area contributed by atoms with Gasteiger partial charge in [0, 0.05) is 58.6 Å². The normalized spacial score (nSPS) is 11.2. The molecule has 0 fully saturated rings. The minimum atomic E-state index is -0.197. The average Bonchev–Trinajstić information content (AvgIpc) is 3.31. The van der Waals surface area contributed by atoms with Crippen LogP contribution in [0.15, 0.2) is 67.4 Å². The largest absolute Gasteiger partial charge is 0.361 e. The van der Waals surface area contributed by atoms with Crippen LogP contribution in [0.4, 0.5) is 5.69 Å². The highest BCUT2D eigenvalue weighted by Crippen LogP contribution is 2.23. The van der Waals surface area contributed by atoms with E-state index in [0.29, 0.717) is 0 Å². The molecule has 0 spiro atoms. The van der Waals surface area contributed by atoms with Crippen LogP contribution in [0, 0.1) is 0 Å². The smallest absolute Gasteiger partial charge is 0.248 e. The van der Waals surface area contributed by atoms with Gasteiger partial charge in [-0.1, -0.05) is 0 Å². The van der Waals surface area contributed by atoms with Crippen molar-refractivity contribution in [2.75, 3.05) is 5.32 Å². The number of anilines is 1. The number of carbonyl (C=O) groups excluding carboxylic acids is 1. The van der Waals surface area contributed by atoms with E-state index in [1.165, 1.54) is 6.08 Å². The first-order chi connectivity index (χ1) is 12.3. The van der Waals surface area contributed by atoms with Crippen molar-refractivity contribution in [2.24, 2.45) is 0 Å². The Morgan fingerprint density at radius 2 is 2.12 bits per heavy atom. The van der Waals surface area contributed by atoms with Gasteiger partial charge in [0.1, 0.15) is 0 Å². The van der Waals surface area contributed by atoms with Crippen LogP contribution in [-0.4, -0.2) is 26.1 Å². The summed E-state index contributed by atoms with van der Waals surface area (Å²) in [5.41, 5.74) is 4.54. The van der Waals surface area contributed by atoms with Crippen LogP contribution in [0.3, 0.4) is 0 Å². The van der Waals surface area contributed by atoms with Crippen LogP contribution in [-0.2, 0) is 4.79 Å². The molecule has 6 heteroatoms. The predicted octanol–water partition coefficient (Wildman–Crippen LogP) is 3.60. The Hall–Kier alpha value is -3.67. The molecule has 3 heterocycles. The fourth-order valence-corrected chi connectivity index (χ4v) is 2.68. The lowest BCUT2D eigenvalue weighted by atomic mass is 10.0. The third-order valence-corrected chi connectivity index (χ3v) is 3.90. The van der Waals surface area contributed by atoms with Crippen molar-refractivity contribution >= 4 is 28.6 Å². The van der Waals surface area contributed by atoms with Crippen LogP contribution in [0.2, 0.25) is 0 Å². The molecule has 0 aliphatic rings. The SMILES string of the molecule is O=C(/C=C/c1cnccc1-c1cn[nH]c1)Nc1ccc2[nH]ccc2c1. The van der Waals surface area contributed by atoms with Gasteiger partial charge in [0.2, 0.25) is 5.91 Å². The summed E-state index contributed by atoms with van der Waals surface area (Å²) in [5.74, 6) is -0.197. The maximum Gasteiger partial charge on any atom is 0.248 e. The third-order valence-electron chi connectivity index (χ3n) is 3.90. The van der Waals surface area contributed by atoms with Crippen molar-refractivity contribution in [1.82, 2.24) is 20.2 Å². The van der Waals surface area contributed by atoms with Gasteiger partial charge >= 0.3 is 0 Å². The van der Waals surface area contributed by atoms with E-state index >= 15 is 0 Å². The number of nitrogens with zero attached hydrogens (tertiary/aromatic N) is 2. The summed E-state index contributed by atoms with van der Waals surface area (Å²) in [4.78, 5) is 19.5. The topological polar surface area (TPSA) is 86.5 Å². The molecular formula is C19H15N5O. The number of aromatic nitrogens is 4. The fourth-order valence-electron chi connectivity index (χ4n) is 2.68. The molecule has 0 radical (unpaired) electrons. The predicted molar refractivity (Wildman–Crippen MR) is 97.8 cm³/mol. The van der Waals surface area contributed by atoms with E-state index in [2.05, 4.69) is 25.5 Å². The zero-order chi connectivity index (χ0) is 17.1. The van der Waals surface area contributed by atoms with Crippen molar-refractivity contribution in [3.63, 3.8) is 0 Å². The zero-order valence-electron chi connectivity index (χ0n) is 13.2. The van der Waals surface area contributed by atoms with Crippen molar-refractivity contribution < 1.29 is 4.79 Å². The number of pyridine rings is 1. The maximum absolute atomic E-state index is 12.2. The second-order valence-corrected chi connectivity index (χ2v) is 5.55. The van der Waals surface area contributed by atoms with Gasteiger partial charge in [0.25, 0.3) is 0 Å². The van der Waals surface area contributed by atoms with Gasteiger partial charge in [-0.05, 0) is 42.0 Å². The molecule has 0 saturated heterocycles. The van der Waals surface area contributed by atoms with E-state index in [1.807, 2.05) is 36.5 Å². The van der Waals surface area contributed by atoms with Crippen LogP contribution >= 0.6 is 0 Å². The van der Waals surface area contributed by atoms with Crippen molar-refractivity contribution in [3.8, 4) is 11.1 Å². The second kappa shape index (κ2) is 6.45. The van der Waals surface area contributed by atoms with Crippen LogP contribution < -0.4 is 5.32 Å². The minimum absolute atomic E-state index is 0.197. The van der Waals surface area contributed by atoms with Gasteiger partial charge in [0.15, 0.2) is 0 Å². The number of rotatable bonds is 4. The number of fused-ring (bicyclic) bond motifs is 1. The molecule has 3 aromatic heterocycles. The van der Waals surface area contributed by atoms with Crippen LogP contribution in [0.5, 0.6) is 0 Å². The molecule has 0 aliphatic carbocycles. The highest BCUT2D eigenvalue weighted by Gasteiger charge is 2.05. The Kier molecular flexibility index (Phi) is 3.84. The van der Waals surface area contributed by atoms with Gasteiger partial charge in [0.05, 0.1) is 6.20 Å². The Bertz CT molecular complexity index is 1050. The Balaban J connectivity index is 1.53. The zero-order valence-corrected chi connectivity index (χ0v) is 13.2. The van der Waals surface area contributed by atoms with Gasteiger partial charge in [-0.15, -0.1) is 0 Å². The molecule has 1 amide bonds. The second-order valence-electron chi connectivity index (χ2n) is 5.55. The first-order valence-electron chi connectivity index (χ1n) is 7.79. The quantitative estimate of drug-likeness (QED) is 0.500. The maximum atomic E-state index is 12.2. The Morgan fingerprint density at radius 1 is 1.16 bits per heavy atom. The van der Waals surface area contributed by atoms with Gasteiger partial charge in [-0.25, -0.2) is 0 Å². The molecule has 6 nitrogen and oxygen atoms in total. The number of amides is 1. The summed E-state index contributed by atoms with van der Waals surface area (Å²) < 4.78 is 0. The molecule has 4 rings (SSSR count). The standard InChI is InChI=1S/C19H15N5O/c25-19(24-16-2-3-18-13(9-16)5-8-21-18)4-1-14-10-20-7-6-17(14)15-11-22-23-12-15/h1-12,21H,(H,22,23)(H,24,25)/b4-1+. The first kappa shape index (κ1) is 14.9. The highest BCUT2D eigenvalue weighted by molar-refractivity contribution is 6.03. The molecular weight excluding hydrogens is 314 g/mol. The molecule has 0 aliphatic heterocycles. The summed E-state index contributed by atoms with van der Waals surface area (Å²) in [7, 11) is 0. The molecule has 0 atom stereocenters. The molecule has 0 bridgehead atoms. The number of aromatic amines is 2. The van der Waals surface area contributed by atoms with E-state index in [0.717, 1.165) is 33.3 Å². The highest BCUT2D eigenvalue weighted by atomic mass is 16.1. The summed E-state index contributed by atoms with van der Waals surface area (Å²) in [6.45, 7) is 0. The number of H-pyrrole nitrogens is 2. The molecule has 25 heavy (non-hydrogen) atoms. The van der Waals surface area contributed by atoms with Crippen molar-refractivity contribution in [3.05, 3.63) is 73.0 Å². The molecule has 1 aromatic carbocycles. The lowest BCUT2D eigenvalue weighted by Gasteiger charge is -2.04. The third kappa shape index (κ3) is 3.18. The molecule has 122 valence electrons. The number of nitrogens with one attached hydrogen (secondary N) is 3. The molecule has 0 unspecified atom stereocenters. The van der Waals surface area contributed by atoms with Gasteiger partial charge < -0.3 is 10.3 Å². The Morgan fingerprint density at radius 3 is 3.00 bits per heavy atom. The number of hydrogen-bond acceptors (Lipinski definition) is 3. The van der Waals surface area contributed by atoms with Crippen molar-refractivity contribution in [1.29, 1.82) is 0 Å². The summed E-state index contributed by atoms with van der Waals surface area (Å²) in [6.07, 6.45) is 12.1. The first-order valence-corrected chi connectivity index (χ1v) is 7.79. The monoisotopic (exact) mass is 329 g/mol. The lowest BCUT2D eigenvalue weighted by Crippen LogP contribution is -2.07. The minimum Gasteiger partial charge on any atom is -0.361 e. The van der Waals surface area contributed by atoms with Crippen LogP contribution in [0.25, 0.3) is 28.1 Å². The van der Waals surface area contributed by atoms with E-state index in [9.17, 15) is 4.79 Å². The van der Waals surface area contributed by atoms with E-state index in [1.54, 1.807) is 30.9 Å². The van der Waals surface area contributed by atoms with Crippen LogP contribution in [0.1, 0.15) is 5.56 Å². The van der Waals surface area contributed by atoms with Gasteiger partial charge in [-0.2, -0.15) is 5.10 Å². The van der Waals surface area contributed by atoms with E-state index in [-0.39, 0.29) is 5.91 Å². The van der Waals surface area contributed by atoms with E-state index < -0.39 is 0 Å². The summed E-state index contributed by atoms with van der Waals surface area (Å²) >= 11 is 0. The molecule has 3 N–H and O–H groups in total. The number of carbonyl (C=O) groups is 1. The Labute approximate surface area is 143 Å². The number of hydrogen-bond donors (Lipinski definition) is 3. The molecule has 0 saturated carbocycles. The summed E-state index contributed by atoms with van der Waals surface area (Å²) in [6, 6.07) is 9.59. The lowest BCUT2D eigenvalue weighted by molar-refractivity contribution is -0.111. The van der Waals surface area contributed by atoms with Gasteiger partial charge in [-0.3, -0.25) is 14.9 Å². The molecule has 4 aromatic rings.